The van der Waals surface area contributed by atoms with Gasteiger partial charge in [-0.15, -0.1) is 0 Å². The molecule has 1 aliphatic rings. The van der Waals surface area contributed by atoms with Gasteiger partial charge in [0.05, 0.1) is 17.9 Å². The lowest BCUT2D eigenvalue weighted by Gasteiger charge is -2.32. The number of aromatic nitrogens is 2. The van der Waals surface area contributed by atoms with Crippen LogP contribution in [0.5, 0.6) is 0 Å². The normalized spacial score (nSPS) is 15.5. The molecule has 1 aliphatic heterocycles. The van der Waals surface area contributed by atoms with Crippen molar-refractivity contribution in [3.05, 3.63) is 87.7 Å². The zero-order chi connectivity index (χ0) is 25.0. The Kier molecular flexibility index (Phi) is 7.34. The summed E-state index contributed by atoms with van der Waals surface area (Å²) in [5.41, 5.74) is 2.11. The molecule has 2 heterocycles. The van der Waals surface area contributed by atoms with E-state index in [0.717, 1.165) is 5.56 Å². The maximum atomic E-state index is 13.0. The molecule has 0 spiro atoms. The maximum Gasteiger partial charge on any atom is 0.295 e. The largest absolute Gasteiger partial charge is 0.319 e. The number of para-hydroxylation sites is 1. The zero-order valence-electron chi connectivity index (χ0n) is 19.8. The van der Waals surface area contributed by atoms with Crippen molar-refractivity contribution < 1.29 is 13.2 Å². The molecule has 0 bridgehead atoms. The van der Waals surface area contributed by atoms with Gasteiger partial charge in [-0.3, -0.25) is 19.2 Å². The lowest BCUT2D eigenvalue weighted by molar-refractivity contribution is -0.117. The molecular weight excluding hydrogens is 466 g/mol. The molecule has 0 radical (unpaired) electrons. The minimum absolute atomic E-state index is 0.0762. The molecule has 1 saturated heterocycles. The van der Waals surface area contributed by atoms with Gasteiger partial charge in [-0.25, -0.2) is 13.1 Å². The Morgan fingerprint density at radius 1 is 0.971 bits per heavy atom. The van der Waals surface area contributed by atoms with Crippen molar-refractivity contribution in [2.45, 2.75) is 6.92 Å². The average molecular weight is 496 g/mol. The van der Waals surface area contributed by atoms with Crippen LogP contribution in [0, 0.1) is 6.92 Å². The second-order valence-electron chi connectivity index (χ2n) is 8.42. The Balaban J connectivity index is 1.35. The number of carbonyl (C=O) groups excluding carboxylic acids is 1. The van der Waals surface area contributed by atoms with Crippen molar-refractivity contribution in [1.29, 1.82) is 0 Å². The standard InChI is InChI=1S/C25H29N5O4S/c1-20-24(25(32)30(27(20)2)22-11-7-4-8-12-22)26-23(31)19-28-14-16-29(17-15-28)35(33,34)18-13-21-9-5-3-6-10-21/h3-13,18H,14-17,19H2,1-2H3,(H,26,31). The van der Waals surface area contributed by atoms with Crippen LogP contribution in [-0.4, -0.2) is 65.6 Å². The second-order valence-corrected chi connectivity index (χ2v) is 10.2. The van der Waals surface area contributed by atoms with E-state index in [1.165, 1.54) is 14.4 Å². The van der Waals surface area contributed by atoms with Crippen LogP contribution in [0.4, 0.5) is 5.69 Å². The van der Waals surface area contributed by atoms with Gasteiger partial charge >= 0.3 is 0 Å². The van der Waals surface area contributed by atoms with E-state index >= 15 is 0 Å². The van der Waals surface area contributed by atoms with E-state index in [9.17, 15) is 18.0 Å². The third kappa shape index (κ3) is 5.61. The van der Waals surface area contributed by atoms with Crippen molar-refractivity contribution in [1.82, 2.24) is 18.6 Å². The fourth-order valence-electron chi connectivity index (χ4n) is 4.05. The average Bonchev–Trinajstić information content (AvgIpc) is 3.07. The van der Waals surface area contributed by atoms with E-state index in [1.807, 2.05) is 65.6 Å². The summed E-state index contributed by atoms with van der Waals surface area (Å²) < 4.78 is 30.0. The highest BCUT2D eigenvalue weighted by Crippen LogP contribution is 2.15. The highest BCUT2D eigenvalue weighted by Gasteiger charge is 2.26. The molecule has 184 valence electrons. The molecular formula is C25H29N5O4S. The number of nitrogens with zero attached hydrogens (tertiary/aromatic N) is 4. The quantitative estimate of drug-likeness (QED) is 0.541. The fourth-order valence-corrected chi connectivity index (χ4v) is 5.22. The van der Waals surface area contributed by atoms with Crippen molar-refractivity contribution in [2.75, 3.05) is 38.0 Å². The summed E-state index contributed by atoms with van der Waals surface area (Å²) in [6.07, 6.45) is 1.58. The number of piperazine rings is 1. The van der Waals surface area contributed by atoms with Crippen molar-refractivity contribution in [3.63, 3.8) is 0 Å². The van der Waals surface area contributed by atoms with Gasteiger partial charge in [0, 0.05) is 38.6 Å². The molecule has 9 nitrogen and oxygen atoms in total. The number of carbonyl (C=O) groups is 1. The lowest BCUT2D eigenvalue weighted by Crippen LogP contribution is -2.50. The predicted molar refractivity (Wildman–Crippen MR) is 137 cm³/mol. The number of anilines is 1. The molecule has 2 aromatic carbocycles. The third-order valence-electron chi connectivity index (χ3n) is 6.11. The Hall–Kier alpha value is -3.47. The highest BCUT2D eigenvalue weighted by atomic mass is 32.2. The van der Waals surface area contributed by atoms with E-state index in [-0.39, 0.29) is 23.7 Å². The topological polar surface area (TPSA) is 96.7 Å². The number of rotatable bonds is 7. The first-order valence-electron chi connectivity index (χ1n) is 11.4. The molecule has 1 amide bonds. The summed E-state index contributed by atoms with van der Waals surface area (Å²) in [5, 5.41) is 3.98. The molecule has 10 heteroatoms. The second kappa shape index (κ2) is 10.4. The van der Waals surface area contributed by atoms with Gasteiger partial charge in [0.25, 0.3) is 5.56 Å². The summed E-state index contributed by atoms with van der Waals surface area (Å²) >= 11 is 0. The van der Waals surface area contributed by atoms with E-state index in [1.54, 1.807) is 24.7 Å². The van der Waals surface area contributed by atoms with Crippen LogP contribution in [0.2, 0.25) is 0 Å². The summed E-state index contributed by atoms with van der Waals surface area (Å²) in [6.45, 7) is 3.29. The molecule has 1 fully saturated rings. The van der Waals surface area contributed by atoms with Gasteiger partial charge in [0.15, 0.2) is 0 Å². The van der Waals surface area contributed by atoms with Crippen molar-refractivity contribution in [3.8, 4) is 5.69 Å². The monoisotopic (exact) mass is 495 g/mol. The first kappa shape index (κ1) is 24.6. The van der Waals surface area contributed by atoms with Crippen LogP contribution in [-0.2, 0) is 21.9 Å². The van der Waals surface area contributed by atoms with E-state index in [4.69, 9.17) is 0 Å². The van der Waals surface area contributed by atoms with E-state index in [2.05, 4.69) is 5.32 Å². The Morgan fingerprint density at radius 3 is 2.20 bits per heavy atom. The van der Waals surface area contributed by atoms with Crippen molar-refractivity contribution >= 4 is 27.7 Å². The lowest BCUT2D eigenvalue weighted by atomic mass is 10.2. The number of hydrogen-bond donors (Lipinski definition) is 1. The molecule has 1 aromatic heterocycles. The Labute approximate surface area is 204 Å². The van der Waals surface area contributed by atoms with Crippen LogP contribution in [0.1, 0.15) is 11.3 Å². The Bertz CT molecular complexity index is 1370. The number of amides is 1. The van der Waals surface area contributed by atoms with Crippen LogP contribution < -0.4 is 10.9 Å². The van der Waals surface area contributed by atoms with Gasteiger partial charge in [-0.05, 0) is 30.7 Å². The summed E-state index contributed by atoms with van der Waals surface area (Å²) in [4.78, 5) is 27.6. The van der Waals surface area contributed by atoms with Crippen LogP contribution in [0.3, 0.4) is 0 Å². The van der Waals surface area contributed by atoms with Crippen LogP contribution in [0.15, 0.2) is 70.9 Å². The predicted octanol–water partition coefficient (Wildman–Crippen LogP) is 2.04. The zero-order valence-corrected chi connectivity index (χ0v) is 20.6. The molecule has 4 rings (SSSR count). The first-order chi connectivity index (χ1) is 16.8. The number of benzene rings is 2. The number of nitrogens with one attached hydrogen (secondary N) is 1. The van der Waals surface area contributed by atoms with E-state index in [0.29, 0.717) is 37.6 Å². The van der Waals surface area contributed by atoms with Gasteiger partial charge in [0.2, 0.25) is 15.9 Å². The Morgan fingerprint density at radius 2 is 1.57 bits per heavy atom. The molecule has 35 heavy (non-hydrogen) atoms. The highest BCUT2D eigenvalue weighted by molar-refractivity contribution is 7.92. The van der Waals surface area contributed by atoms with Gasteiger partial charge < -0.3 is 5.32 Å². The van der Waals surface area contributed by atoms with Gasteiger partial charge in [-0.1, -0.05) is 48.5 Å². The molecule has 0 unspecified atom stereocenters. The SMILES string of the molecule is Cc1c(NC(=O)CN2CCN(S(=O)(=O)C=Cc3ccccc3)CC2)c(=O)n(-c2ccccc2)n1C. The molecule has 3 aromatic rings. The third-order valence-corrected chi connectivity index (χ3v) is 7.67. The molecule has 0 aliphatic carbocycles. The van der Waals surface area contributed by atoms with Gasteiger partial charge in [0.1, 0.15) is 5.69 Å². The van der Waals surface area contributed by atoms with Crippen LogP contribution in [0.25, 0.3) is 11.8 Å². The summed E-state index contributed by atoms with van der Waals surface area (Å²) in [7, 11) is -1.77. The fraction of sp³-hybridized carbons (Fsp3) is 0.280. The minimum Gasteiger partial charge on any atom is -0.319 e. The number of hydrogen-bond acceptors (Lipinski definition) is 5. The van der Waals surface area contributed by atoms with Gasteiger partial charge in [-0.2, -0.15) is 4.31 Å². The minimum atomic E-state index is -3.54. The summed E-state index contributed by atoms with van der Waals surface area (Å²) in [6, 6.07) is 18.5. The maximum absolute atomic E-state index is 13.0. The number of sulfonamides is 1. The molecule has 0 atom stereocenters. The first-order valence-corrected chi connectivity index (χ1v) is 12.9. The van der Waals surface area contributed by atoms with Crippen molar-refractivity contribution in [2.24, 2.45) is 7.05 Å². The smallest absolute Gasteiger partial charge is 0.295 e. The van der Waals surface area contributed by atoms with E-state index < -0.39 is 10.0 Å². The molecule has 1 N–H and O–H groups in total. The molecule has 0 saturated carbocycles. The van der Waals surface area contributed by atoms with Crippen LogP contribution >= 0.6 is 0 Å². The summed E-state index contributed by atoms with van der Waals surface area (Å²) in [5.74, 6) is -0.309.